The Balaban J connectivity index is 1.73. The SMILES string of the molecule is O=C(CS[C@H]1CCS(=O)(=O)C1)NCc1ccccc1F. The summed E-state index contributed by atoms with van der Waals surface area (Å²) in [6.07, 6.45) is 0.605. The van der Waals surface area contributed by atoms with E-state index in [9.17, 15) is 17.6 Å². The summed E-state index contributed by atoms with van der Waals surface area (Å²) in [7, 11) is -2.91. The van der Waals surface area contributed by atoms with E-state index in [2.05, 4.69) is 5.32 Å². The first-order valence-electron chi connectivity index (χ1n) is 6.28. The molecule has 110 valence electrons. The van der Waals surface area contributed by atoms with Crippen LogP contribution >= 0.6 is 11.8 Å². The molecule has 1 aliphatic rings. The lowest BCUT2D eigenvalue weighted by Gasteiger charge is -2.08. The Morgan fingerprint density at radius 3 is 2.80 bits per heavy atom. The maximum atomic E-state index is 13.3. The molecule has 4 nitrogen and oxygen atoms in total. The second-order valence-corrected chi connectivity index (χ2v) is 8.22. The van der Waals surface area contributed by atoms with Gasteiger partial charge in [0.1, 0.15) is 5.82 Å². The van der Waals surface area contributed by atoms with E-state index in [0.717, 1.165) is 0 Å². The van der Waals surface area contributed by atoms with Crippen molar-refractivity contribution in [2.24, 2.45) is 0 Å². The van der Waals surface area contributed by atoms with Crippen LogP contribution in [0.5, 0.6) is 0 Å². The third-order valence-corrected chi connectivity index (χ3v) is 6.36. The molecular weight excluding hydrogens is 301 g/mol. The first kappa shape index (κ1) is 15.3. The highest BCUT2D eigenvalue weighted by molar-refractivity contribution is 8.02. The van der Waals surface area contributed by atoms with Crippen molar-refractivity contribution in [3.63, 3.8) is 0 Å². The van der Waals surface area contributed by atoms with E-state index in [4.69, 9.17) is 0 Å². The molecule has 0 aromatic heterocycles. The van der Waals surface area contributed by atoms with Crippen molar-refractivity contribution in [3.05, 3.63) is 35.6 Å². The summed E-state index contributed by atoms with van der Waals surface area (Å²) in [6, 6.07) is 6.27. The molecule has 7 heteroatoms. The molecule has 0 spiro atoms. The fourth-order valence-corrected chi connectivity index (χ4v) is 5.45. The molecule has 1 fully saturated rings. The largest absolute Gasteiger partial charge is 0.351 e. The molecule has 0 radical (unpaired) electrons. The van der Waals surface area contributed by atoms with Crippen LogP contribution in [0.25, 0.3) is 0 Å². The zero-order valence-corrected chi connectivity index (χ0v) is 12.5. The number of benzene rings is 1. The highest BCUT2D eigenvalue weighted by atomic mass is 32.2. The molecule has 1 saturated heterocycles. The summed E-state index contributed by atoms with van der Waals surface area (Å²) in [5.41, 5.74) is 0.439. The second-order valence-electron chi connectivity index (χ2n) is 4.70. The molecule has 1 atom stereocenters. The van der Waals surface area contributed by atoms with E-state index in [1.54, 1.807) is 18.2 Å². The Bertz CT molecular complexity index is 589. The zero-order chi connectivity index (χ0) is 14.6. The third kappa shape index (κ3) is 4.49. The molecule has 2 rings (SSSR count). The van der Waals surface area contributed by atoms with Crippen molar-refractivity contribution in [1.29, 1.82) is 0 Å². The van der Waals surface area contributed by atoms with Crippen LogP contribution in [-0.4, -0.2) is 36.8 Å². The van der Waals surface area contributed by atoms with Crippen LogP contribution in [0, 0.1) is 5.82 Å². The molecule has 1 aromatic carbocycles. The molecule has 1 N–H and O–H groups in total. The summed E-state index contributed by atoms with van der Waals surface area (Å²) in [4.78, 5) is 11.6. The van der Waals surface area contributed by atoms with Gasteiger partial charge in [-0.2, -0.15) is 0 Å². The van der Waals surface area contributed by atoms with Gasteiger partial charge in [-0.1, -0.05) is 18.2 Å². The zero-order valence-electron chi connectivity index (χ0n) is 10.8. The number of carbonyl (C=O) groups excluding carboxylic acids is 1. The predicted octanol–water partition coefficient (Wildman–Crippen LogP) is 1.36. The summed E-state index contributed by atoms with van der Waals surface area (Å²) < 4.78 is 35.9. The number of carbonyl (C=O) groups is 1. The van der Waals surface area contributed by atoms with Crippen molar-refractivity contribution >= 4 is 27.5 Å². The maximum Gasteiger partial charge on any atom is 0.230 e. The third-order valence-electron chi connectivity index (χ3n) is 3.07. The van der Waals surface area contributed by atoms with E-state index >= 15 is 0 Å². The van der Waals surface area contributed by atoms with Crippen LogP contribution in [0.3, 0.4) is 0 Å². The van der Waals surface area contributed by atoms with Crippen LogP contribution in [0.4, 0.5) is 4.39 Å². The van der Waals surface area contributed by atoms with E-state index in [1.807, 2.05) is 0 Å². The molecule has 0 bridgehead atoms. The lowest BCUT2D eigenvalue weighted by molar-refractivity contribution is -0.118. The highest BCUT2D eigenvalue weighted by Gasteiger charge is 2.28. The molecule has 0 unspecified atom stereocenters. The Kier molecular flexibility index (Phi) is 5.04. The van der Waals surface area contributed by atoms with E-state index in [-0.39, 0.29) is 40.8 Å². The van der Waals surface area contributed by atoms with Crippen molar-refractivity contribution < 1.29 is 17.6 Å². The molecule has 0 aliphatic carbocycles. The van der Waals surface area contributed by atoms with Gasteiger partial charge in [-0.3, -0.25) is 4.79 Å². The number of rotatable bonds is 5. The van der Waals surface area contributed by atoms with Gasteiger partial charge >= 0.3 is 0 Å². The number of halogens is 1. The van der Waals surface area contributed by atoms with Crippen molar-refractivity contribution in [3.8, 4) is 0 Å². The highest BCUT2D eigenvalue weighted by Crippen LogP contribution is 2.23. The number of hydrogen-bond acceptors (Lipinski definition) is 4. The summed E-state index contributed by atoms with van der Waals surface area (Å²) in [5.74, 6) is 0.0129. The number of hydrogen-bond donors (Lipinski definition) is 1. The Labute approximate surface area is 122 Å². The van der Waals surface area contributed by atoms with Crippen molar-refractivity contribution in [1.82, 2.24) is 5.32 Å². The minimum atomic E-state index is -2.91. The Morgan fingerprint density at radius 1 is 1.40 bits per heavy atom. The van der Waals surface area contributed by atoms with Gasteiger partial charge in [0.05, 0.1) is 17.3 Å². The molecule has 1 aliphatic heterocycles. The van der Waals surface area contributed by atoms with E-state index in [1.165, 1.54) is 17.8 Å². The lowest BCUT2D eigenvalue weighted by atomic mass is 10.2. The van der Waals surface area contributed by atoms with Gasteiger partial charge < -0.3 is 5.32 Å². The van der Waals surface area contributed by atoms with Gasteiger partial charge in [0.2, 0.25) is 5.91 Å². The number of amides is 1. The molecule has 0 saturated carbocycles. The summed E-state index contributed by atoms with van der Waals surface area (Å²) in [6.45, 7) is 0.148. The Hall–Kier alpha value is -1.08. The lowest BCUT2D eigenvalue weighted by Crippen LogP contribution is -2.26. The Morgan fingerprint density at radius 2 is 2.15 bits per heavy atom. The topological polar surface area (TPSA) is 63.2 Å². The number of nitrogens with one attached hydrogen (secondary N) is 1. The smallest absolute Gasteiger partial charge is 0.230 e. The minimum absolute atomic E-state index is 0.000730. The van der Waals surface area contributed by atoms with Gasteiger partial charge in [0.15, 0.2) is 9.84 Å². The van der Waals surface area contributed by atoms with E-state index in [0.29, 0.717) is 12.0 Å². The van der Waals surface area contributed by atoms with Crippen LogP contribution in [-0.2, 0) is 21.2 Å². The van der Waals surface area contributed by atoms with Gasteiger partial charge in [-0.15, -0.1) is 11.8 Å². The molecule has 1 heterocycles. The van der Waals surface area contributed by atoms with Crippen molar-refractivity contribution in [2.75, 3.05) is 17.3 Å². The fraction of sp³-hybridized carbons (Fsp3) is 0.462. The molecular formula is C13H16FNO3S2. The van der Waals surface area contributed by atoms with Crippen LogP contribution in [0.15, 0.2) is 24.3 Å². The van der Waals surface area contributed by atoms with Crippen LogP contribution in [0.1, 0.15) is 12.0 Å². The first-order valence-corrected chi connectivity index (χ1v) is 9.15. The fourth-order valence-electron chi connectivity index (χ4n) is 1.97. The summed E-state index contributed by atoms with van der Waals surface area (Å²) in [5, 5.41) is 2.63. The van der Waals surface area contributed by atoms with Gasteiger partial charge in [0, 0.05) is 17.4 Å². The van der Waals surface area contributed by atoms with Gasteiger partial charge in [-0.05, 0) is 12.5 Å². The number of sulfone groups is 1. The van der Waals surface area contributed by atoms with Crippen LogP contribution < -0.4 is 5.32 Å². The monoisotopic (exact) mass is 317 g/mol. The average Bonchev–Trinajstić information content (AvgIpc) is 2.75. The summed E-state index contributed by atoms with van der Waals surface area (Å²) >= 11 is 1.35. The molecule has 1 aromatic rings. The molecule has 1 amide bonds. The average molecular weight is 317 g/mol. The standard InChI is InChI=1S/C13H16FNO3S2/c14-12-4-2-1-3-10(12)7-15-13(16)8-19-11-5-6-20(17,18)9-11/h1-4,11H,5-9H2,(H,15,16)/t11-/m0/s1. The van der Waals surface area contributed by atoms with Crippen LogP contribution in [0.2, 0.25) is 0 Å². The quantitative estimate of drug-likeness (QED) is 0.891. The molecule has 20 heavy (non-hydrogen) atoms. The normalized spacial score (nSPS) is 20.8. The van der Waals surface area contributed by atoms with E-state index < -0.39 is 9.84 Å². The predicted molar refractivity (Wildman–Crippen MR) is 77.8 cm³/mol. The van der Waals surface area contributed by atoms with Crippen molar-refractivity contribution in [2.45, 2.75) is 18.2 Å². The minimum Gasteiger partial charge on any atom is -0.351 e. The second kappa shape index (κ2) is 6.58. The first-order chi connectivity index (χ1) is 9.46. The maximum absolute atomic E-state index is 13.3. The number of thioether (sulfide) groups is 1. The van der Waals surface area contributed by atoms with Gasteiger partial charge in [-0.25, -0.2) is 12.8 Å². The van der Waals surface area contributed by atoms with Gasteiger partial charge in [0.25, 0.3) is 0 Å².